The summed E-state index contributed by atoms with van der Waals surface area (Å²) in [5.74, 6) is -0.321. The van der Waals surface area contributed by atoms with Gasteiger partial charge in [0, 0.05) is 39.3 Å². The van der Waals surface area contributed by atoms with Gasteiger partial charge < -0.3 is 5.73 Å². The zero-order chi connectivity index (χ0) is 15.5. The van der Waals surface area contributed by atoms with Crippen molar-refractivity contribution in [3.8, 4) is 0 Å². The van der Waals surface area contributed by atoms with Gasteiger partial charge in [-0.05, 0) is 23.3 Å². The topological polar surface area (TPSA) is 32.5 Å². The zero-order valence-electron chi connectivity index (χ0n) is 11.7. The maximum Gasteiger partial charge on any atom is 0.401 e. The van der Waals surface area contributed by atoms with Gasteiger partial charge >= 0.3 is 6.18 Å². The molecule has 1 saturated heterocycles. The van der Waals surface area contributed by atoms with Crippen LogP contribution in [0, 0.1) is 5.82 Å². The highest BCUT2D eigenvalue weighted by Gasteiger charge is 2.32. The Morgan fingerprint density at radius 3 is 2.19 bits per heavy atom. The molecule has 0 radical (unpaired) electrons. The quantitative estimate of drug-likeness (QED) is 0.863. The van der Waals surface area contributed by atoms with Crippen molar-refractivity contribution < 1.29 is 17.6 Å². The van der Waals surface area contributed by atoms with E-state index in [9.17, 15) is 17.6 Å². The van der Waals surface area contributed by atoms with Gasteiger partial charge in [0.1, 0.15) is 5.82 Å². The molecule has 0 aromatic heterocycles. The first-order valence-electron chi connectivity index (χ1n) is 6.86. The van der Waals surface area contributed by atoms with Crippen molar-refractivity contribution in [1.29, 1.82) is 0 Å². The van der Waals surface area contributed by atoms with Crippen LogP contribution in [0.2, 0.25) is 0 Å². The summed E-state index contributed by atoms with van der Waals surface area (Å²) in [4.78, 5) is 3.42. The molecule has 1 heterocycles. The molecule has 118 valence electrons. The van der Waals surface area contributed by atoms with Gasteiger partial charge in [-0.25, -0.2) is 4.39 Å². The molecule has 1 aliphatic rings. The Morgan fingerprint density at radius 2 is 1.62 bits per heavy atom. The summed E-state index contributed by atoms with van der Waals surface area (Å²) in [7, 11) is 0. The highest BCUT2D eigenvalue weighted by molar-refractivity contribution is 5.27. The van der Waals surface area contributed by atoms with Crippen LogP contribution in [0.1, 0.15) is 11.1 Å². The third-order valence-corrected chi connectivity index (χ3v) is 3.65. The maximum absolute atomic E-state index is 13.3. The van der Waals surface area contributed by atoms with Crippen LogP contribution in [0.15, 0.2) is 18.2 Å². The Labute approximate surface area is 121 Å². The largest absolute Gasteiger partial charge is 0.401 e. The van der Waals surface area contributed by atoms with Crippen LogP contribution < -0.4 is 5.73 Å². The van der Waals surface area contributed by atoms with E-state index in [2.05, 4.69) is 0 Å². The molecule has 3 nitrogen and oxygen atoms in total. The highest BCUT2D eigenvalue weighted by atomic mass is 19.4. The van der Waals surface area contributed by atoms with E-state index in [-0.39, 0.29) is 5.82 Å². The van der Waals surface area contributed by atoms with E-state index in [0.29, 0.717) is 39.3 Å². The molecule has 1 aliphatic heterocycles. The monoisotopic (exact) mass is 305 g/mol. The lowest BCUT2D eigenvalue weighted by molar-refractivity contribution is -0.149. The molecule has 0 atom stereocenters. The van der Waals surface area contributed by atoms with Crippen molar-refractivity contribution >= 4 is 0 Å². The second-order valence-corrected chi connectivity index (χ2v) is 5.28. The standard InChI is InChI=1S/C14H19F4N3/c15-13-2-1-11(8-19)12(7-13)9-20-3-5-21(6-4-20)10-14(16,17)18/h1-2,7H,3-6,8-10,19H2. The number of piperazine rings is 1. The third-order valence-electron chi connectivity index (χ3n) is 3.65. The molecule has 0 spiro atoms. The number of hydrogen-bond acceptors (Lipinski definition) is 3. The van der Waals surface area contributed by atoms with Crippen LogP contribution in [0.3, 0.4) is 0 Å². The average molecular weight is 305 g/mol. The van der Waals surface area contributed by atoms with E-state index in [0.717, 1.165) is 11.1 Å². The molecule has 7 heteroatoms. The van der Waals surface area contributed by atoms with Crippen molar-refractivity contribution in [3.63, 3.8) is 0 Å². The van der Waals surface area contributed by atoms with Crippen LogP contribution in [-0.4, -0.2) is 48.7 Å². The fraction of sp³-hybridized carbons (Fsp3) is 0.571. The minimum absolute atomic E-state index is 0.321. The molecule has 1 fully saturated rings. The van der Waals surface area contributed by atoms with Crippen molar-refractivity contribution in [3.05, 3.63) is 35.1 Å². The Balaban J connectivity index is 1.90. The van der Waals surface area contributed by atoms with Gasteiger partial charge in [0.05, 0.1) is 6.54 Å². The Morgan fingerprint density at radius 1 is 1.00 bits per heavy atom. The molecule has 1 aromatic rings. The van der Waals surface area contributed by atoms with Crippen molar-refractivity contribution in [2.24, 2.45) is 5.73 Å². The summed E-state index contributed by atoms with van der Waals surface area (Å²) < 4.78 is 50.2. The molecule has 0 saturated carbocycles. The smallest absolute Gasteiger partial charge is 0.326 e. The summed E-state index contributed by atoms with van der Waals surface area (Å²) in [6, 6.07) is 4.47. The third kappa shape index (κ3) is 4.94. The van der Waals surface area contributed by atoms with Crippen molar-refractivity contribution in [2.75, 3.05) is 32.7 Å². The van der Waals surface area contributed by atoms with Gasteiger partial charge in [-0.1, -0.05) is 6.07 Å². The fourth-order valence-electron chi connectivity index (χ4n) is 2.54. The van der Waals surface area contributed by atoms with Crippen LogP contribution >= 0.6 is 0 Å². The fourth-order valence-corrected chi connectivity index (χ4v) is 2.54. The lowest BCUT2D eigenvalue weighted by atomic mass is 10.1. The van der Waals surface area contributed by atoms with Crippen molar-refractivity contribution in [2.45, 2.75) is 19.3 Å². The molecule has 0 unspecified atom stereocenters. The minimum atomic E-state index is -4.16. The first-order chi connectivity index (χ1) is 9.87. The van der Waals surface area contributed by atoms with E-state index in [1.807, 2.05) is 4.90 Å². The van der Waals surface area contributed by atoms with Crippen LogP contribution in [0.5, 0.6) is 0 Å². The van der Waals surface area contributed by atoms with Crippen LogP contribution in [0.4, 0.5) is 17.6 Å². The lowest BCUT2D eigenvalue weighted by Crippen LogP contribution is -2.48. The summed E-state index contributed by atoms with van der Waals surface area (Å²) in [6.45, 7) is 1.79. The van der Waals surface area contributed by atoms with E-state index >= 15 is 0 Å². The maximum atomic E-state index is 13.3. The number of nitrogens with two attached hydrogens (primary N) is 1. The predicted molar refractivity (Wildman–Crippen MR) is 72.1 cm³/mol. The SMILES string of the molecule is NCc1ccc(F)cc1CN1CCN(CC(F)(F)F)CC1. The first-order valence-corrected chi connectivity index (χ1v) is 6.86. The normalized spacial score (nSPS) is 18.1. The Bertz CT molecular complexity index is 468. The summed E-state index contributed by atoms with van der Waals surface area (Å²) in [5.41, 5.74) is 7.30. The van der Waals surface area contributed by atoms with E-state index in [1.54, 1.807) is 6.07 Å². The van der Waals surface area contributed by atoms with Gasteiger partial charge in [0.2, 0.25) is 0 Å². The summed E-state index contributed by atoms with van der Waals surface area (Å²) in [5, 5.41) is 0. The number of rotatable bonds is 4. The predicted octanol–water partition coefficient (Wildman–Crippen LogP) is 1.96. The number of nitrogens with zero attached hydrogens (tertiary/aromatic N) is 2. The van der Waals surface area contributed by atoms with E-state index < -0.39 is 12.7 Å². The van der Waals surface area contributed by atoms with Gasteiger partial charge in [-0.2, -0.15) is 13.2 Å². The second kappa shape index (κ2) is 6.72. The average Bonchev–Trinajstić information content (AvgIpc) is 2.40. The molecule has 0 amide bonds. The van der Waals surface area contributed by atoms with Gasteiger partial charge in [0.15, 0.2) is 0 Å². The number of halogens is 4. The molecule has 2 N–H and O–H groups in total. The number of alkyl halides is 3. The van der Waals surface area contributed by atoms with Crippen LogP contribution in [0.25, 0.3) is 0 Å². The molecular formula is C14H19F4N3. The van der Waals surface area contributed by atoms with Crippen molar-refractivity contribution in [1.82, 2.24) is 9.80 Å². The molecule has 0 aliphatic carbocycles. The summed E-state index contributed by atoms with van der Waals surface area (Å²) >= 11 is 0. The minimum Gasteiger partial charge on any atom is -0.326 e. The van der Waals surface area contributed by atoms with E-state index in [1.165, 1.54) is 17.0 Å². The zero-order valence-corrected chi connectivity index (χ0v) is 11.7. The number of benzene rings is 1. The van der Waals surface area contributed by atoms with Crippen LogP contribution in [-0.2, 0) is 13.1 Å². The lowest BCUT2D eigenvalue weighted by Gasteiger charge is -2.35. The van der Waals surface area contributed by atoms with Gasteiger partial charge in [0.25, 0.3) is 0 Å². The molecule has 1 aromatic carbocycles. The van der Waals surface area contributed by atoms with Gasteiger partial charge in [-0.15, -0.1) is 0 Å². The first kappa shape index (κ1) is 16.2. The van der Waals surface area contributed by atoms with Gasteiger partial charge in [-0.3, -0.25) is 9.80 Å². The molecule has 2 rings (SSSR count). The number of hydrogen-bond donors (Lipinski definition) is 1. The molecule has 21 heavy (non-hydrogen) atoms. The molecular weight excluding hydrogens is 286 g/mol. The molecule has 0 bridgehead atoms. The highest BCUT2D eigenvalue weighted by Crippen LogP contribution is 2.19. The summed E-state index contributed by atoms with van der Waals surface area (Å²) in [6.07, 6.45) is -4.16. The van der Waals surface area contributed by atoms with E-state index in [4.69, 9.17) is 5.73 Å². The Hall–Kier alpha value is -1.18. The second-order valence-electron chi connectivity index (χ2n) is 5.28. The Kier molecular flexibility index (Phi) is 5.18.